The van der Waals surface area contributed by atoms with E-state index in [0.717, 1.165) is 32.1 Å². The molecule has 1 aliphatic carbocycles. The lowest BCUT2D eigenvalue weighted by Crippen LogP contribution is -2.30. The number of ketones is 1. The van der Waals surface area contributed by atoms with Gasteiger partial charge in [0.25, 0.3) is 0 Å². The summed E-state index contributed by atoms with van der Waals surface area (Å²) >= 11 is 0. The number of Topliss-reactive ketones (excluding diaryl/α,β-unsaturated/α-hetero) is 1. The second-order valence-electron chi connectivity index (χ2n) is 4.96. The van der Waals surface area contributed by atoms with Crippen molar-refractivity contribution < 1.29 is 14.3 Å². The highest BCUT2D eigenvalue weighted by Crippen LogP contribution is 2.39. The van der Waals surface area contributed by atoms with Crippen molar-refractivity contribution in [1.29, 1.82) is 0 Å². The van der Waals surface area contributed by atoms with E-state index in [2.05, 4.69) is 0 Å². The molecule has 0 aromatic carbocycles. The maximum absolute atomic E-state index is 12.1. The van der Waals surface area contributed by atoms with E-state index in [-0.39, 0.29) is 23.7 Å². The minimum Gasteiger partial charge on any atom is -0.469 e. The highest BCUT2D eigenvalue weighted by molar-refractivity contribution is 5.82. The Morgan fingerprint density at radius 3 is 2.53 bits per heavy atom. The number of carbonyl (C=O) groups is 2. The molecule has 1 saturated carbocycles. The monoisotopic (exact) mass is 240 g/mol. The van der Waals surface area contributed by atoms with Crippen LogP contribution in [0.3, 0.4) is 0 Å². The van der Waals surface area contributed by atoms with Crippen LogP contribution in [0.1, 0.15) is 52.4 Å². The lowest BCUT2D eigenvalue weighted by atomic mass is 9.79. The summed E-state index contributed by atoms with van der Waals surface area (Å²) < 4.78 is 4.85. The van der Waals surface area contributed by atoms with Gasteiger partial charge < -0.3 is 4.74 Å². The quantitative estimate of drug-likeness (QED) is 0.670. The van der Waals surface area contributed by atoms with Gasteiger partial charge in [0.2, 0.25) is 0 Å². The van der Waals surface area contributed by atoms with Gasteiger partial charge in [-0.05, 0) is 31.6 Å². The van der Waals surface area contributed by atoms with Crippen LogP contribution in [0.2, 0.25) is 0 Å². The summed E-state index contributed by atoms with van der Waals surface area (Å²) in [7, 11) is 1.44. The lowest BCUT2D eigenvalue weighted by molar-refractivity contribution is -0.147. The summed E-state index contributed by atoms with van der Waals surface area (Å²) in [4.78, 5) is 23.8. The fourth-order valence-corrected chi connectivity index (χ4v) is 3.12. The van der Waals surface area contributed by atoms with Gasteiger partial charge in [-0.1, -0.05) is 20.3 Å². The first-order valence-corrected chi connectivity index (χ1v) is 6.76. The minimum absolute atomic E-state index is 0.0502. The Morgan fingerprint density at radius 1 is 1.29 bits per heavy atom. The zero-order valence-electron chi connectivity index (χ0n) is 11.2. The van der Waals surface area contributed by atoms with Crippen LogP contribution in [-0.4, -0.2) is 18.9 Å². The normalized spacial score (nSPS) is 25.6. The molecule has 0 saturated heterocycles. The fraction of sp³-hybridized carbons (Fsp3) is 0.857. The van der Waals surface area contributed by atoms with Gasteiger partial charge in [-0.3, -0.25) is 9.59 Å². The third-order valence-corrected chi connectivity index (χ3v) is 3.94. The second-order valence-corrected chi connectivity index (χ2v) is 4.96. The number of rotatable bonds is 6. The molecule has 1 rings (SSSR count). The molecule has 3 nitrogen and oxygen atoms in total. The summed E-state index contributed by atoms with van der Waals surface area (Å²) in [6, 6.07) is 0. The van der Waals surface area contributed by atoms with Crippen molar-refractivity contribution in [2.45, 2.75) is 52.4 Å². The molecule has 0 N–H and O–H groups in total. The first kappa shape index (κ1) is 14.2. The number of carbonyl (C=O) groups excluding carboxylic acids is 2. The van der Waals surface area contributed by atoms with Crippen molar-refractivity contribution in [3.8, 4) is 0 Å². The Morgan fingerprint density at radius 2 is 2.00 bits per heavy atom. The number of hydrogen-bond acceptors (Lipinski definition) is 3. The zero-order valence-corrected chi connectivity index (χ0v) is 11.2. The van der Waals surface area contributed by atoms with Crippen molar-refractivity contribution in [3.63, 3.8) is 0 Å². The highest BCUT2D eigenvalue weighted by atomic mass is 16.5. The van der Waals surface area contributed by atoms with Gasteiger partial charge in [-0.2, -0.15) is 0 Å². The molecule has 98 valence electrons. The standard InChI is InChI=1S/C14H24O3/c1-4-7-13(15)10(5-2)11-8-6-9-12(11)14(16)17-3/h10-12H,4-9H2,1-3H3/t10-,11+,12-/m0/s1. The number of methoxy groups -OCH3 is 1. The van der Waals surface area contributed by atoms with Crippen LogP contribution in [0.15, 0.2) is 0 Å². The fourth-order valence-electron chi connectivity index (χ4n) is 3.12. The summed E-state index contributed by atoms with van der Waals surface area (Å²) in [5.41, 5.74) is 0. The first-order valence-electron chi connectivity index (χ1n) is 6.76. The van der Waals surface area contributed by atoms with Gasteiger partial charge in [-0.15, -0.1) is 0 Å². The molecule has 0 unspecified atom stereocenters. The van der Waals surface area contributed by atoms with Gasteiger partial charge in [0.1, 0.15) is 5.78 Å². The van der Waals surface area contributed by atoms with Gasteiger partial charge in [-0.25, -0.2) is 0 Å². The zero-order chi connectivity index (χ0) is 12.8. The Kier molecular flexibility index (Phi) is 5.66. The van der Waals surface area contributed by atoms with E-state index in [1.54, 1.807) is 0 Å². The highest BCUT2D eigenvalue weighted by Gasteiger charge is 2.40. The van der Waals surface area contributed by atoms with E-state index < -0.39 is 0 Å². The van der Waals surface area contributed by atoms with Crippen molar-refractivity contribution >= 4 is 11.8 Å². The van der Waals surface area contributed by atoms with Gasteiger partial charge in [0, 0.05) is 12.3 Å². The maximum atomic E-state index is 12.1. The van der Waals surface area contributed by atoms with Crippen LogP contribution in [0, 0.1) is 17.8 Å². The van der Waals surface area contributed by atoms with E-state index in [4.69, 9.17) is 4.74 Å². The second kappa shape index (κ2) is 6.77. The van der Waals surface area contributed by atoms with Crippen molar-refractivity contribution in [2.24, 2.45) is 17.8 Å². The molecule has 0 aromatic rings. The van der Waals surface area contributed by atoms with E-state index in [1.807, 2.05) is 13.8 Å². The van der Waals surface area contributed by atoms with Crippen LogP contribution in [-0.2, 0) is 14.3 Å². The smallest absolute Gasteiger partial charge is 0.308 e. The third-order valence-electron chi connectivity index (χ3n) is 3.94. The molecule has 1 fully saturated rings. The molecule has 17 heavy (non-hydrogen) atoms. The lowest BCUT2D eigenvalue weighted by Gasteiger charge is -2.25. The Balaban J connectivity index is 2.73. The van der Waals surface area contributed by atoms with Gasteiger partial charge >= 0.3 is 5.97 Å². The number of esters is 1. The summed E-state index contributed by atoms with van der Waals surface area (Å²) in [5, 5.41) is 0. The Labute approximate surface area is 104 Å². The Hall–Kier alpha value is -0.860. The average Bonchev–Trinajstić information content (AvgIpc) is 2.78. The first-order chi connectivity index (χ1) is 8.15. The molecule has 0 heterocycles. The third kappa shape index (κ3) is 3.30. The number of ether oxygens (including phenoxy) is 1. The van der Waals surface area contributed by atoms with Crippen molar-refractivity contribution in [1.82, 2.24) is 0 Å². The largest absolute Gasteiger partial charge is 0.469 e. The van der Waals surface area contributed by atoms with E-state index in [9.17, 15) is 9.59 Å². The minimum atomic E-state index is -0.129. The molecule has 0 radical (unpaired) electrons. The molecule has 0 amide bonds. The summed E-state index contributed by atoms with van der Waals surface area (Å²) in [6.07, 6.45) is 5.30. The molecule has 0 spiro atoms. The topological polar surface area (TPSA) is 43.4 Å². The van der Waals surface area contributed by atoms with E-state index in [0.29, 0.717) is 12.2 Å². The van der Waals surface area contributed by atoms with E-state index >= 15 is 0 Å². The maximum Gasteiger partial charge on any atom is 0.308 e. The van der Waals surface area contributed by atoms with Gasteiger partial charge in [0.15, 0.2) is 0 Å². The molecule has 1 aliphatic rings. The van der Waals surface area contributed by atoms with Crippen LogP contribution in [0.4, 0.5) is 0 Å². The summed E-state index contributed by atoms with van der Waals surface area (Å²) in [5.74, 6) is 0.421. The van der Waals surface area contributed by atoms with E-state index in [1.165, 1.54) is 7.11 Å². The predicted molar refractivity (Wildman–Crippen MR) is 66.5 cm³/mol. The molecule has 0 bridgehead atoms. The van der Waals surface area contributed by atoms with Crippen LogP contribution < -0.4 is 0 Å². The Bertz CT molecular complexity index is 273. The van der Waals surface area contributed by atoms with Gasteiger partial charge in [0.05, 0.1) is 13.0 Å². The molecular weight excluding hydrogens is 216 g/mol. The molecule has 0 aliphatic heterocycles. The van der Waals surface area contributed by atoms with Crippen LogP contribution in [0.25, 0.3) is 0 Å². The van der Waals surface area contributed by atoms with Crippen LogP contribution in [0.5, 0.6) is 0 Å². The van der Waals surface area contributed by atoms with Crippen LogP contribution >= 0.6 is 0 Å². The average molecular weight is 240 g/mol. The molecule has 0 aromatic heterocycles. The summed E-state index contributed by atoms with van der Waals surface area (Å²) in [6.45, 7) is 4.07. The molecule has 3 heteroatoms. The van der Waals surface area contributed by atoms with Crippen molar-refractivity contribution in [3.05, 3.63) is 0 Å². The SMILES string of the molecule is CCCC(=O)[C@@H](CC)[C@H]1CCC[C@@H]1C(=O)OC. The molecule has 3 atom stereocenters. The molecular formula is C14H24O3. The van der Waals surface area contributed by atoms with Crippen molar-refractivity contribution in [2.75, 3.05) is 7.11 Å². The predicted octanol–water partition coefficient (Wildman–Crippen LogP) is 2.97. The number of hydrogen-bond donors (Lipinski definition) is 0.